The number of β-amino-alcohol motifs (C(OH)–C–C–N with tert-alkyl or cyclic N) is 1. The first-order chi connectivity index (χ1) is 7.77. The molecule has 6 heteroatoms. The number of primary amides is 1. The second-order valence-electron chi connectivity index (χ2n) is 5.04. The van der Waals surface area contributed by atoms with Crippen molar-refractivity contribution >= 4 is 11.9 Å². The van der Waals surface area contributed by atoms with E-state index < -0.39 is 11.6 Å². The lowest BCUT2D eigenvalue weighted by atomic mass is 9.82. The highest BCUT2D eigenvalue weighted by Crippen LogP contribution is 2.33. The Bertz CT molecular complexity index is 319. The molecule has 0 aromatic heterocycles. The number of nitrogens with one attached hydrogen (secondary N) is 1. The number of hydrogen-bond donors (Lipinski definition) is 3. The summed E-state index contributed by atoms with van der Waals surface area (Å²) in [5.74, 6) is -0.105. The third-order valence-corrected chi connectivity index (χ3v) is 3.56. The zero-order valence-corrected chi connectivity index (χ0v) is 10.6. The molecule has 1 rings (SSSR count). The summed E-state index contributed by atoms with van der Waals surface area (Å²) >= 11 is 0. The second-order valence-corrected chi connectivity index (χ2v) is 5.04. The monoisotopic (exact) mass is 243 g/mol. The van der Waals surface area contributed by atoms with Crippen LogP contribution in [0.15, 0.2) is 0 Å². The summed E-state index contributed by atoms with van der Waals surface area (Å²) in [6.07, 6.45) is 0. The molecule has 1 saturated heterocycles. The first kappa shape index (κ1) is 13.8. The van der Waals surface area contributed by atoms with Crippen molar-refractivity contribution in [2.75, 3.05) is 19.6 Å². The van der Waals surface area contributed by atoms with Crippen LogP contribution in [0.2, 0.25) is 0 Å². The van der Waals surface area contributed by atoms with Gasteiger partial charge in [-0.2, -0.15) is 0 Å². The molecular weight excluding hydrogens is 222 g/mol. The zero-order valence-electron chi connectivity index (χ0n) is 10.6. The Labute approximate surface area is 101 Å². The van der Waals surface area contributed by atoms with Crippen molar-refractivity contribution in [3.8, 4) is 0 Å². The number of carbonyl (C=O) groups is 2. The van der Waals surface area contributed by atoms with Gasteiger partial charge >= 0.3 is 6.03 Å². The average molecular weight is 243 g/mol. The van der Waals surface area contributed by atoms with Crippen LogP contribution in [0.1, 0.15) is 20.8 Å². The van der Waals surface area contributed by atoms with E-state index in [1.54, 1.807) is 4.90 Å². The van der Waals surface area contributed by atoms with Crippen LogP contribution in [-0.2, 0) is 4.79 Å². The minimum Gasteiger partial charge on any atom is -0.387 e. The molecule has 0 aromatic carbocycles. The van der Waals surface area contributed by atoms with Crippen LogP contribution >= 0.6 is 0 Å². The fraction of sp³-hybridized carbons (Fsp3) is 0.818. The summed E-state index contributed by atoms with van der Waals surface area (Å²) in [5.41, 5.74) is 4.05. The molecule has 3 amide bonds. The average Bonchev–Trinajstić information content (AvgIpc) is 2.53. The predicted octanol–water partition coefficient (Wildman–Crippen LogP) is -0.480. The van der Waals surface area contributed by atoms with Crippen LogP contribution in [0.4, 0.5) is 4.79 Å². The SMILES string of the molecule is CC(C)[C@@]1(O)CN(C(=O)CNC(N)=O)C[C@@H]1C. The summed E-state index contributed by atoms with van der Waals surface area (Å²) < 4.78 is 0. The third-order valence-electron chi connectivity index (χ3n) is 3.56. The van der Waals surface area contributed by atoms with E-state index >= 15 is 0 Å². The van der Waals surface area contributed by atoms with Crippen molar-refractivity contribution in [1.29, 1.82) is 0 Å². The van der Waals surface area contributed by atoms with E-state index in [4.69, 9.17) is 5.73 Å². The number of hydrogen-bond acceptors (Lipinski definition) is 3. The Morgan fingerprint density at radius 3 is 2.59 bits per heavy atom. The minimum absolute atomic E-state index is 0.0278. The minimum atomic E-state index is -0.845. The van der Waals surface area contributed by atoms with Gasteiger partial charge in [-0.15, -0.1) is 0 Å². The number of amides is 3. The second kappa shape index (κ2) is 4.91. The molecule has 0 saturated carbocycles. The van der Waals surface area contributed by atoms with Gasteiger partial charge in [-0.05, 0) is 5.92 Å². The number of likely N-dealkylation sites (tertiary alicyclic amines) is 1. The highest BCUT2D eigenvalue weighted by molar-refractivity contribution is 5.83. The number of urea groups is 1. The van der Waals surface area contributed by atoms with Crippen LogP contribution in [0, 0.1) is 11.8 Å². The normalized spacial score (nSPS) is 28.5. The molecule has 2 atom stereocenters. The predicted molar refractivity (Wildman–Crippen MR) is 63.1 cm³/mol. The summed E-state index contributed by atoms with van der Waals surface area (Å²) in [6.45, 7) is 6.50. The molecule has 98 valence electrons. The highest BCUT2D eigenvalue weighted by atomic mass is 16.3. The molecule has 0 bridgehead atoms. The van der Waals surface area contributed by atoms with Gasteiger partial charge in [0.05, 0.1) is 18.7 Å². The molecule has 6 nitrogen and oxygen atoms in total. The van der Waals surface area contributed by atoms with Crippen molar-refractivity contribution in [2.24, 2.45) is 17.6 Å². The Hall–Kier alpha value is -1.30. The summed E-state index contributed by atoms with van der Waals surface area (Å²) in [5, 5.41) is 12.7. The molecule has 0 aliphatic carbocycles. The van der Waals surface area contributed by atoms with Crippen molar-refractivity contribution in [2.45, 2.75) is 26.4 Å². The lowest BCUT2D eigenvalue weighted by Gasteiger charge is -2.30. The molecule has 17 heavy (non-hydrogen) atoms. The van der Waals surface area contributed by atoms with Gasteiger partial charge in [-0.1, -0.05) is 20.8 Å². The fourth-order valence-electron chi connectivity index (χ4n) is 2.23. The van der Waals surface area contributed by atoms with Crippen LogP contribution in [-0.4, -0.2) is 47.2 Å². The number of nitrogens with zero attached hydrogens (tertiary/aromatic N) is 1. The molecule has 0 radical (unpaired) electrons. The Morgan fingerprint density at radius 1 is 1.59 bits per heavy atom. The van der Waals surface area contributed by atoms with Gasteiger partial charge in [0.25, 0.3) is 0 Å². The highest BCUT2D eigenvalue weighted by Gasteiger charge is 2.46. The maximum absolute atomic E-state index is 11.8. The van der Waals surface area contributed by atoms with Gasteiger partial charge in [0.15, 0.2) is 0 Å². The van der Waals surface area contributed by atoms with Crippen molar-refractivity contribution < 1.29 is 14.7 Å². The molecule has 4 N–H and O–H groups in total. The van der Waals surface area contributed by atoms with E-state index in [9.17, 15) is 14.7 Å². The summed E-state index contributed by atoms with van der Waals surface area (Å²) in [4.78, 5) is 23.8. The van der Waals surface area contributed by atoms with E-state index in [-0.39, 0.29) is 24.3 Å². The molecule has 0 spiro atoms. The first-order valence-corrected chi connectivity index (χ1v) is 5.80. The van der Waals surface area contributed by atoms with Crippen LogP contribution in [0.25, 0.3) is 0 Å². The topological polar surface area (TPSA) is 95.7 Å². The lowest BCUT2D eigenvalue weighted by Crippen LogP contribution is -2.45. The molecule has 1 aliphatic rings. The first-order valence-electron chi connectivity index (χ1n) is 5.80. The van der Waals surface area contributed by atoms with E-state index in [0.717, 1.165) is 0 Å². The molecule has 1 heterocycles. The van der Waals surface area contributed by atoms with Crippen molar-refractivity contribution in [1.82, 2.24) is 10.2 Å². The van der Waals surface area contributed by atoms with Crippen LogP contribution in [0.3, 0.4) is 0 Å². The number of nitrogens with two attached hydrogens (primary N) is 1. The van der Waals surface area contributed by atoms with Gasteiger partial charge in [-0.25, -0.2) is 4.79 Å². The number of carbonyl (C=O) groups excluding carboxylic acids is 2. The van der Waals surface area contributed by atoms with Crippen LogP contribution in [0.5, 0.6) is 0 Å². The number of aliphatic hydroxyl groups is 1. The third kappa shape index (κ3) is 2.88. The summed E-state index contributed by atoms with van der Waals surface area (Å²) in [7, 11) is 0. The van der Waals surface area contributed by atoms with E-state index in [1.807, 2.05) is 20.8 Å². The summed E-state index contributed by atoms with van der Waals surface area (Å²) in [6, 6.07) is -0.718. The van der Waals surface area contributed by atoms with Gasteiger partial charge in [-0.3, -0.25) is 4.79 Å². The quantitative estimate of drug-likeness (QED) is 0.624. The molecule has 0 unspecified atom stereocenters. The van der Waals surface area contributed by atoms with Gasteiger partial charge in [0.1, 0.15) is 0 Å². The lowest BCUT2D eigenvalue weighted by molar-refractivity contribution is -0.130. The van der Waals surface area contributed by atoms with Crippen molar-refractivity contribution in [3.63, 3.8) is 0 Å². The molecule has 1 fully saturated rings. The maximum Gasteiger partial charge on any atom is 0.312 e. The fourth-order valence-corrected chi connectivity index (χ4v) is 2.23. The molecule has 1 aliphatic heterocycles. The van der Waals surface area contributed by atoms with Gasteiger partial charge in [0.2, 0.25) is 5.91 Å². The smallest absolute Gasteiger partial charge is 0.312 e. The van der Waals surface area contributed by atoms with E-state index in [0.29, 0.717) is 13.1 Å². The molecular formula is C11H21N3O3. The zero-order chi connectivity index (χ0) is 13.2. The molecule has 0 aromatic rings. The van der Waals surface area contributed by atoms with Gasteiger partial charge < -0.3 is 21.1 Å². The Balaban J connectivity index is 2.59. The largest absolute Gasteiger partial charge is 0.387 e. The van der Waals surface area contributed by atoms with E-state index in [2.05, 4.69) is 5.32 Å². The van der Waals surface area contributed by atoms with E-state index in [1.165, 1.54) is 0 Å². The van der Waals surface area contributed by atoms with Crippen LogP contribution < -0.4 is 11.1 Å². The maximum atomic E-state index is 11.8. The standard InChI is InChI=1S/C11H21N3O3/c1-7(2)11(17)6-14(5-8(11)3)9(15)4-13-10(12)16/h7-8,17H,4-6H2,1-3H3,(H3,12,13,16)/t8-,11-/m0/s1. The van der Waals surface area contributed by atoms with Crippen molar-refractivity contribution in [3.05, 3.63) is 0 Å². The van der Waals surface area contributed by atoms with Gasteiger partial charge in [0, 0.05) is 12.5 Å². The Morgan fingerprint density at radius 2 is 2.18 bits per heavy atom. The number of rotatable bonds is 3. The Kier molecular flexibility index (Phi) is 3.98.